The number of hydrogen-bond acceptors (Lipinski definition) is 4. The van der Waals surface area contributed by atoms with E-state index in [0.717, 1.165) is 11.0 Å². The fourth-order valence-electron chi connectivity index (χ4n) is 2.05. The molecular weight excluding hydrogens is 244 g/mol. The molecule has 0 aliphatic carbocycles. The summed E-state index contributed by atoms with van der Waals surface area (Å²) >= 11 is 0. The zero-order valence-corrected chi connectivity index (χ0v) is 10.4. The quantitative estimate of drug-likeness (QED) is 0.675. The van der Waals surface area contributed by atoms with Gasteiger partial charge in [-0.2, -0.15) is 0 Å². The maximum atomic E-state index is 11.6. The van der Waals surface area contributed by atoms with Crippen molar-refractivity contribution in [2.45, 2.75) is 6.54 Å². The second-order valence-corrected chi connectivity index (χ2v) is 4.11. The third kappa shape index (κ3) is 1.99. The van der Waals surface area contributed by atoms with Crippen LogP contribution in [0.2, 0.25) is 0 Å². The number of carbonyl (C=O) groups is 1. The van der Waals surface area contributed by atoms with Crippen molar-refractivity contribution in [2.24, 2.45) is 0 Å². The Morgan fingerprint density at radius 3 is 3.05 bits per heavy atom. The predicted octanol–water partition coefficient (Wildman–Crippen LogP) is 2.46. The molecule has 0 amide bonds. The van der Waals surface area contributed by atoms with Crippen LogP contribution in [-0.2, 0) is 11.3 Å². The van der Waals surface area contributed by atoms with Crippen LogP contribution >= 0.6 is 0 Å². The molecule has 0 N–H and O–H groups in total. The lowest BCUT2D eigenvalue weighted by Gasteiger charge is -2.03. The summed E-state index contributed by atoms with van der Waals surface area (Å²) in [6, 6.07) is 9.41. The molecule has 0 bridgehead atoms. The van der Waals surface area contributed by atoms with Gasteiger partial charge < -0.3 is 13.7 Å². The number of esters is 1. The van der Waals surface area contributed by atoms with E-state index in [1.165, 1.54) is 13.4 Å². The standard InChI is InChI=1S/C14H12N2O3/c1-18-14(17)10-6-7-19-13(10)8-16-9-15-11-4-2-3-5-12(11)16/h2-7,9H,8H2,1H3. The normalized spacial score (nSPS) is 10.8. The van der Waals surface area contributed by atoms with Crippen LogP contribution in [0.25, 0.3) is 11.0 Å². The van der Waals surface area contributed by atoms with Crippen molar-refractivity contribution in [3.8, 4) is 0 Å². The first-order valence-electron chi connectivity index (χ1n) is 5.84. The van der Waals surface area contributed by atoms with E-state index < -0.39 is 5.97 Å². The molecule has 5 heteroatoms. The number of carbonyl (C=O) groups excluding carboxylic acids is 1. The fraction of sp³-hybridized carbons (Fsp3) is 0.143. The summed E-state index contributed by atoms with van der Waals surface area (Å²) in [6.07, 6.45) is 3.22. The molecule has 3 rings (SSSR count). The van der Waals surface area contributed by atoms with Crippen molar-refractivity contribution >= 4 is 17.0 Å². The Labute approximate surface area is 109 Å². The highest BCUT2D eigenvalue weighted by Gasteiger charge is 2.16. The van der Waals surface area contributed by atoms with Crippen LogP contribution in [0.15, 0.2) is 47.3 Å². The van der Waals surface area contributed by atoms with Crippen LogP contribution in [0.1, 0.15) is 16.1 Å². The lowest BCUT2D eigenvalue weighted by molar-refractivity contribution is 0.0598. The zero-order valence-electron chi connectivity index (χ0n) is 10.4. The van der Waals surface area contributed by atoms with E-state index >= 15 is 0 Å². The maximum absolute atomic E-state index is 11.6. The molecule has 0 saturated carbocycles. The van der Waals surface area contributed by atoms with Crippen LogP contribution < -0.4 is 0 Å². The number of methoxy groups -OCH3 is 1. The number of furan rings is 1. The Balaban J connectivity index is 1.98. The third-order valence-corrected chi connectivity index (χ3v) is 2.99. The molecule has 0 atom stereocenters. The van der Waals surface area contributed by atoms with Gasteiger partial charge in [-0.05, 0) is 18.2 Å². The van der Waals surface area contributed by atoms with E-state index in [2.05, 4.69) is 4.98 Å². The summed E-state index contributed by atoms with van der Waals surface area (Å²) < 4.78 is 12.0. The zero-order chi connectivity index (χ0) is 13.2. The Morgan fingerprint density at radius 1 is 1.37 bits per heavy atom. The van der Waals surface area contributed by atoms with Gasteiger partial charge >= 0.3 is 5.97 Å². The van der Waals surface area contributed by atoms with Crippen molar-refractivity contribution in [1.29, 1.82) is 0 Å². The van der Waals surface area contributed by atoms with Gasteiger partial charge in [-0.3, -0.25) is 0 Å². The highest BCUT2D eigenvalue weighted by atomic mass is 16.5. The van der Waals surface area contributed by atoms with Gasteiger partial charge in [0, 0.05) is 0 Å². The first-order chi connectivity index (χ1) is 9.29. The molecule has 0 fully saturated rings. The SMILES string of the molecule is COC(=O)c1ccoc1Cn1cnc2ccccc21. The highest BCUT2D eigenvalue weighted by Crippen LogP contribution is 2.17. The molecule has 0 spiro atoms. The molecule has 2 aromatic heterocycles. The molecular formula is C14H12N2O3. The minimum Gasteiger partial charge on any atom is -0.467 e. The van der Waals surface area contributed by atoms with Gasteiger partial charge in [-0.15, -0.1) is 0 Å². The third-order valence-electron chi connectivity index (χ3n) is 2.99. The number of para-hydroxylation sites is 2. The van der Waals surface area contributed by atoms with E-state index in [-0.39, 0.29) is 0 Å². The molecule has 0 aliphatic heterocycles. The summed E-state index contributed by atoms with van der Waals surface area (Å²) in [7, 11) is 1.35. The number of nitrogens with zero attached hydrogens (tertiary/aromatic N) is 2. The van der Waals surface area contributed by atoms with Crippen molar-refractivity contribution < 1.29 is 13.9 Å². The average molecular weight is 256 g/mol. The second-order valence-electron chi connectivity index (χ2n) is 4.11. The van der Waals surface area contributed by atoms with E-state index in [1.54, 1.807) is 12.4 Å². The van der Waals surface area contributed by atoms with Crippen molar-refractivity contribution in [3.05, 3.63) is 54.2 Å². The number of imidazole rings is 1. The van der Waals surface area contributed by atoms with Crippen molar-refractivity contribution in [1.82, 2.24) is 9.55 Å². The van der Waals surface area contributed by atoms with Gasteiger partial charge in [-0.25, -0.2) is 9.78 Å². The van der Waals surface area contributed by atoms with E-state index in [9.17, 15) is 4.79 Å². The molecule has 1 aromatic carbocycles. The molecule has 3 aromatic rings. The molecule has 5 nitrogen and oxygen atoms in total. The lowest BCUT2D eigenvalue weighted by atomic mass is 10.2. The summed E-state index contributed by atoms with van der Waals surface area (Å²) in [5.74, 6) is 0.170. The van der Waals surface area contributed by atoms with E-state index in [1.807, 2.05) is 28.8 Å². The summed E-state index contributed by atoms with van der Waals surface area (Å²) in [5.41, 5.74) is 2.35. The van der Waals surface area contributed by atoms with Crippen molar-refractivity contribution in [3.63, 3.8) is 0 Å². The number of hydrogen-bond donors (Lipinski definition) is 0. The molecule has 0 radical (unpaired) electrons. The van der Waals surface area contributed by atoms with Gasteiger partial charge in [0.05, 0.1) is 37.3 Å². The number of aromatic nitrogens is 2. The summed E-state index contributed by atoms with van der Waals surface area (Å²) in [5, 5.41) is 0. The van der Waals surface area contributed by atoms with Gasteiger partial charge in [0.1, 0.15) is 11.3 Å². The molecule has 0 saturated heterocycles. The van der Waals surface area contributed by atoms with Gasteiger partial charge in [0.25, 0.3) is 0 Å². The number of ether oxygens (including phenoxy) is 1. The Bertz CT molecular complexity index is 727. The average Bonchev–Trinajstić information content (AvgIpc) is 3.06. The first kappa shape index (κ1) is 11.5. The molecule has 0 unspecified atom stereocenters. The van der Waals surface area contributed by atoms with Gasteiger partial charge in [-0.1, -0.05) is 12.1 Å². The van der Waals surface area contributed by atoms with Crippen molar-refractivity contribution in [2.75, 3.05) is 7.11 Å². The van der Waals surface area contributed by atoms with Gasteiger partial charge in [0.15, 0.2) is 0 Å². The molecule has 19 heavy (non-hydrogen) atoms. The monoisotopic (exact) mass is 256 g/mol. The van der Waals surface area contributed by atoms with Crippen LogP contribution in [0.5, 0.6) is 0 Å². The van der Waals surface area contributed by atoms with Crippen LogP contribution in [0, 0.1) is 0 Å². The Morgan fingerprint density at radius 2 is 2.21 bits per heavy atom. The maximum Gasteiger partial charge on any atom is 0.341 e. The first-order valence-corrected chi connectivity index (χ1v) is 5.84. The molecule has 2 heterocycles. The van der Waals surface area contributed by atoms with E-state index in [0.29, 0.717) is 17.9 Å². The number of rotatable bonds is 3. The number of benzene rings is 1. The molecule has 96 valence electrons. The van der Waals surface area contributed by atoms with Crippen LogP contribution in [-0.4, -0.2) is 22.6 Å². The van der Waals surface area contributed by atoms with Crippen LogP contribution in [0.3, 0.4) is 0 Å². The highest BCUT2D eigenvalue weighted by molar-refractivity contribution is 5.90. The minimum absolute atomic E-state index is 0.395. The predicted molar refractivity (Wildman–Crippen MR) is 68.9 cm³/mol. The Kier molecular flexibility index (Phi) is 2.79. The minimum atomic E-state index is -0.395. The topological polar surface area (TPSA) is 57.3 Å². The number of fused-ring (bicyclic) bond motifs is 1. The second kappa shape index (κ2) is 4.61. The van der Waals surface area contributed by atoms with Crippen LogP contribution in [0.4, 0.5) is 0 Å². The largest absolute Gasteiger partial charge is 0.467 e. The smallest absolute Gasteiger partial charge is 0.341 e. The van der Waals surface area contributed by atoms with E-state index in [4.69, 9.17) is 9.15 Å². The lowest BCUT2D eigenvalue weighted by Crippen LogP contribution is -2.06. The summed E-state index contributed by atoms with van der Waals surface area (Å²) in [6.45, 7) is 0.442. The molecule has 0 aliphatic rings. The fourth-order valence-corrected chi connectivity index (χ4v) is 2.05. The van der Waals surface area contributed by atoms with Gasteiger partial charge in [0.2, 0.25) is 0 Å². The Hall–Kier alpha value is -2.56. The summed E-state index contributed by atoms with van der Waals surface area (Å²) in [4.78, 5) is 15.9.